The molecule has 3 aromatic rings. The van der Waals surface area contributed by atoms with Gasteiger partial charge in [-0.05, 0) is 65.9 Å². The van der Waals surface area contributed by atoms with Crippen molar-refractivity contribution in [3.8, 4) is 5.75 Å². The van der Waals surface area contributed by atoms with Crippen LogP contribution < -0.4 is 10.1 Å². The van der Waals surface area contributed by atoms with Crippen molar-refractivity contribution in [3.05, 3.63) is 70.8 Å². The van der Waals surface area contributed by atoms with Crippen molar-refractivity contribution in [3.63, 3.8) is 0 Å². The molecule has 0 aliphatic carbocycles. The number of pyridine rings is 1. The Kier molecular flexibility index (Phi) is 7.92. The van der Waals surface area contributed by atoms with Crippen LogP contribution in [0, 0.1) is 0 Å². The van der Waals surface area contributed by atoms with E-state index in [4.69, 9.17) is 9.57 Å². The second-order valence-corrected chi connectivity index (χ2v) is 9.21. The van der Waals surface area contributed by atoms with E-state index < -0.39 is 11.0 Å². The number of nitrogens with zero attached hydrogens (tertiary/aromatic N) is 2. The van der Waals surface area contributed by atoms with Gasteiger partial charge in [0.2, 0.25) is 5.44 Å². The fraction of sp³-hybridized carbons (Fsp3) is 0.261. The summed E-state index contributed by atoms with van der Waals surface area (Å²) in [6.45, 7) is 4.05. The van der Waals surface area contributed by atoms with Crippen molar-refractivity contribution in [2.45, 2.75) is 31.4 Å². The molecule has 0 fully saturated rings. The molecule has 1 N–H and O–H groups in total. The van der Waals surface area contributed by atoms with Crippen LogP contribution >= 0.6 is 27.7 Å². The van der Waals surface area contributed by atoms with Gasteiger partial charge in [0.25, 0.3) is 5.91 Å². The second-order valence-electron chi connectivity index (χ2n) is 7.40. The second kappa shape index (κ2) is 10.6. The van der Waals surface area contributed by atoms with E-state index in [1.165, 1.54) is 11.8 Å². The first-order valence-electron chi connectivity index (χ1n) is 9.63. The molecule has 1 unspecified atom stereocenters. The van der Waals surface area contributed by atoms with Gasteiger partial charge < -0.3 is 14.9 Å². The third-order valence-corrected chi connectivity index (χ3v) is 5.43. The minimum Gasteiger partial charge on any atom is -0.470 e. The Morgan fingerprint density at radius 3 is 2.77 bits per heavy atom. The number of hydrogen-bond donors (Lipinski definition) is 1. The number of nitrogens with one attached hydrogen (secondary N) is 1. The topological polar surface area (TPSA) is 72.8 Å². The zero-order chi connectivity index (χ0) is 22.3. The maximum absolute atomic E-state index is 12.8. The van der Waals surface area contributed by atoms with Gasteiger partial charge in [-0.2, -0.15) is 0 Å². The molecule has 0 aliphatic rings. The van der Waals surface area contributed by atoms with Crippen molar-refractivity contribution < 1.29 is 14.4 Å². The van der Waals surface area contributed by atoms with Crippen LogP contribution in [-0.4, -0.2) is 34.3 Å². The average molecular weight is 502 g/mol. The van der Waals surface area contributed by atoms with Crippen LogP contribution in [0.5, 0.6) is 5.75 Å². The summed E-state index contributed by atoms with van der Waals surface area (Å²) in [7, 11) is 0. The third-order valence-electron chi connectivity index (χ3n) is 4.26. The number of carbonyl (C=O) groups is 1. The molecule has 6 nitrogen and oxygen atoms in total. The molecule has 31 heavy (non-hydrogen) atoms. The number of carbonyl (C=O) groups excluding carboxylic acids is 1. The van der Waals surface area contributed by atoms with Gasteiger partial charge in [0.15, 0.2) is 0 Å². The van der Waals surface area contributed by atoms with Crippen LogP contribution in [0.3, 0.4) is 0 Å². The summed E-state index contributed by atoms with van der Waals surface area (Å²) in [6, 6.07) is 17.3. The monoisotopic (exact) mass is 501 g/mol. The molecule has 0 spiro atoms. The molecule has 0 saturated heterocycles. The largest absolute Gasteiger partial charge is 0.470 e. The van der Waals surface area contributed by atoms with E-state index >= 15 is 0 Å². The predicted octanol–water partition coefficient (Wildman–Crippen LogP) is 5.16. The van der Waals surface area contributed by atoms with E-state index in [1.807, 2.05) is 74.7 Å². The number of rotatable bonds is 9. The molecule has 3 rings (SSSR count). The highest BCUT2D eigenvalue weighted by Gasteiger charge is 2.26. The highest BCUT2D eigenvalue weighted by Crippen LogP contribution is 2.24. The van der Waals surface area contributed by atoms with E-state index in [1.54, 1.807) is 12.4 Å². The highest BCUT2D eigenvalue weighted by atomic mass is 79.9. The average Bonchev–Trinajstić information content (AvgIpc) is 2.75. The van der Waals surface area contributed by atoms with E-state index in [0.717, 1.165) is 20.9 Å². The molecule has 0 aliphatic heterocycles. The molecule has 1 heterocycles. The first kappa shape index (κ1) is 23.1. The number of halogens is 1. The maximum atomic E-state index is 12.8. The molecule has 1 aromatic heterocycles. The molecule has 0 radical (unpaired) electrons. The van der Waals surface area contributed by atoms with Crippen molar-refractivity contribution in [1.82, 2.24) is 10.3 Å². The van der Waals surface area contributed by atoms with E-state index in [0.29, 0.717) is 12.4 Å². The van der Waals surface area contributed by atoms with Gasteiger partial charge in [-0.15, -0.1) is 11.8 Å². The van der Waals surface area contributed by atoms with Crippen LogP contribution in [0.1, 0.15) is 19.4 Å². The predicted molar refractivity (Wildman–Crippen MR) is 129 cm³/mol. The Bertz CT molecular complexity index is 1060. The van der Waals surface area contributed by atoms with Gasteiger partial charge in [0.05, 0.1) is 17.3 Å². The first-order chi connectivity index (χ1) is 14.9. The van der Waals surface area contributed by atoms with Gasteiger partial charge in [-0.1, -0.05) is 35.5 Å². The number of ether oxygens (including phenoxy) is 1. The minimum atomic E-state index is -0.713. The first-order valence-corrected chi connectivity index (χ1v) is 11.7. The fourth-order valence-electron chi connectivity index (χ4n) is 2.75. The molecule has 1 amide bonds. The quantitative estimate of drug-likeness (QED) is 0.249. The molecule has 1 atom stereocenters. The van der Waals surface area contributed by atoms with Crippen LogP contribution in [0.2, 0.25) is 0 Å². The van der Waals surface area contributed by atoms with Crippen LogP contribution in [0.15, 0.2) is 70.4 Å². The van der Waals surface area contributed by atoms with Crippen molar-refractivity contribution >= 4 is 50.7 Å². The molecule has 0 saturated carbocycles. The number of oxime groups is 1. The van der Waals surface area contributed by atoms with E-state index in [2.05, 4.69) is 31.4 Å². The van der Waals surface area contributed by atoms with Crippen LogP contribution in [0.25, 0.3) is 10.9 Å². The minimum absolute atomic E-state index is 0.250. The van der Waals surface area contributed by atoms with Gasteiger partial charge in [0, 0.05) is 16.1 Å². The Hall–Kier alpha value is -2.58. The summed E-state index contributed by atoms with van der Waals surface area (Å²) >= 11 is 4.74. The smallest absolute Gasteiger partial charge is 0.272 e. The molecular formula is C23H24BrN3O3S. The van der Waals surface area contributed by atoms with Gasteiger partial charge in [-0.3, -0.25) is 9.78 Å². The Morgan fingerprint density at radius 2 is 2.03 bits per heavy atom. The summed E-state index contributed by atoms with van der Waals surface area (Å²) in [5.74, 6) is 0.346. The number of amides is 1. The van der Waals surface area contributed by atoms with Crippen molar-refractivity contribution in [2.24, 2.45) is 5.16 Å². The summed E-state index contributed by atoms with van der Waals surface area (Å²) in [4.78, 5) is 22.5. The van der Waals surface area contributed by atoms with E-state index in [-0.39, 0.29) is 5.91 Å². The summed E-state index contributed by atoms with van der Waals surface area (Å²) in [5.41, 5.74) is 0.461. The summed E-state index contributed by atoms with van der Waals surface area (Å²) in [6.07, 6.45) is 5.14. The lowest BCUT2D eigenvalue weighted by Gasteiger charge is -2.24. The lowest BCUT2D eigenvalue weighted by molar-refractivity contribution is -0.125. The number of aromatic nitrogens is 1. The van der Waals surface area contributed by atoms with Crippen LogP contribution in [-0.2, 0) is 16.2 Å². The third kappa shape index (κ3) is 6.97. The zero-order valence-corrected chi connectivity index (χ0v) is 19.9. The number of benzene rings is 2. The van der Waals surface area contributed by atoms with Crippen molar-refractivity contribution in [1.29, 1.82) is 0 Å². The molecule has 0 bridgehead atoms. The SMILES string of the molecule is CSC(Oc1ccc2ncc(Br)cc2c1)C(=O)NC(C)(C)C=NOCc1ccccc1. The lowest BCUT2D eigenvalue weighted by Crippen LogP contribution is -2.49. The van der Waals surface area contributed by atoms with Crippen LogP contribution in [0.4, 0.5) is 0 Å². The number of hydrogen-bond acceptors (Lipinski definition) is 6. The van der Waals surface area contributed by atoms with Gasteiger partial charge >= 0.3 is 0 Å². The Morgan fingerprint density at radius 1 is 1.26 bits per heavy atom. The fourth-order valence-corrected chi connectivity index (χ4v) is 3.58. The highest BCUT2D eigenvalue weighted by molar-refractivity contribution is 9.10. The molecule has 2 aromatic carbocycles. The molecule has 8 heteroatoms. The van der Waals surface area contributed by atoms with E-state index in [9.17, 15) is 4.79 Å². The standard InChI is InChI=1S/C23H24BrN3O3S/c1-23(2,15-26-29-14-16-7-5-4-6-8-16)27-21(28)22(31-3)30-19-9-10-20-17(12-19)11-18(24)13-25-20/h4-13,15,22H,14H2,1-3H3,(H,27,28). The van der Waals surface area contributed by atoms with Gasteiger partial charge in [0.1, 0.15) is 12.4 Å². The zero-order valence-electron chi connectivity index (χ0n) is 17.5. The Labute approximate surface area is 194 Å². The summed E-state index contributed by atoms with van der Waals surface area (Å²) < 4.78 is 6.82. The summed E-state index contributed by atoms with van der Waals surface area (Å²) in [5, 5.41) is 7.87. The molecular weight excluding hydrogens is 478 g/mol. The Balaban J connectivity index is 1.58. The lowest BCUT2D eigenvalue weighted by atomic mass is 10.1. The van der Waals surface area contributed by atoms with Gasteiger partial charge in [-0.25, -0.2) is 0 Å². The number of thioether (sulfide) groups is 1. The maximum Gasteiger partial charge on any atom is 0.272 e. The molecule has 162 valence electrons. The normalized spacial score (nSPS) is 12.6. The van der Waals surface area contributed by atoms with Crippen molar-refractivity contribution in [2.75, 3.05) is 6.26 Å². The number of fused-ring (bicyclic) bond motifs is 1.